The van der Waals surface area contributed by atoms with Crippen LogP contribution in [0.2, 0.25) is 0 Å². The number of methoxy groups -OCH3 is 1. The maximum atomic E-state index is 5.48. The Kier molecular flexibility index (Phi) is 5.48. The molecule has 3 heteroatoms. The summed E-state index contributed by atoms with van der Waals surface area (Å²) >= 11 is 0. The Labute approximate surface area is 127 Å². The van der Waals surface area contributed by atoms with Gasteiger partial charge < -0.3 is 10.1 Å². The molecular formula is C18H24N2O. The van der Waals surface area contributed by atoms with Crippen molar-refractivity contribution < 1.29 is 4.74 Å². The number of benzene rings is 1. The quantitative estimate of drug-likeness (QED) is 0.844. The Bertz CT molecular complexity index is 486. The summed E-state index contributed by atoms with van der Waals surface area (Å²) in [4.78, 5) is 4.11. The van der Waals surface area contributed by atoms with E-state index >= 15 is 0 Å². The van der Waals surface area contributed by atoms with E-state index in [1.165, 1.54) is 11.1 Å². The summed E-state index contributed by atoms with van der Waals surface area (Å²) in [6, 6.07) is 14.8. The molecule has 0 bridgehead atoms. The van der Waals surface area contributed by atoms with Crippen molar-refractivity contribution in [2.75, 3.05) is 13.7 Å². The fourth-order valence-corrected chi connectivity index (χ4v) is 2.25. The van der Waals surface area contributed by atoms with E-state index in [1.807, 2.05) is 18.5 Å². The number of aromatic nitrogens is 1. The molecule has 0 saturated heterocycles. The molecule has 21 heavy (non-hydrogen) atoms. The van der Waals surface area contributed by atoms with E-state index in [0.29, 0.717) is 0 Å². The first-order valence-corrected chi connectivity index (χ1v) is 7.36. The van der Waals surface area contributed by atoms with Gasteiger partial charge in [-0.05, 0) is 50.1 Å². The summed E-state index contributed by atoms with van der Waals surface area (Å²) < 4.78 is 5.48. The molecule has 0 radical (unpaired) electrons. The molecule has 3 nitrogen and oxygen atoms in total. The van der Waals surface area contributed by atoms with E-state index in [0.717, 1.165) is 13.0 Å². The molecule has 0 amide bonds. The molecule has 2 rings (SSSR count). The normalized spacial score (nSPS) is 13.1. The zero-order valence-corrected chi connectivity index (χ0v) is 13.0. The molecule has 1 aromatic carbocycles. The molecule has 1 atom stereocenters. The number of nitrogens with zero attached hydrogens (tertiary/aromatic N) is 1. The van der Waals surface area contributed by atoms with Crippen LogP contribution in [0.5, 0.6) is 0 Å². The lowest BCUT2D eigenvalue weighted by molar-refractivity contribution is 0.0155. The first-order valence-electron chi connectivity index (χ1n) is 7.36. The Morgan fingerprint density at radius 3 is 2.29 bits per heavy atom. The molecule has 0 aliphatic rings. The van der Waals surface area contributed by atoms with Gasteiger partial charge in [0, 0.05) is 19.5 Å². The number of hydrogen-bond donors (Lipinski definition) is 1. The number of hydrogen-bond acceptors (Lipinski definition) is 3. The Morgan fingerprint density at radius 1 is 1.05 bits per heavy atom. The van der Waals surface area contributed by atoms with Crippen LogP contribution >= 0.6 is 0 Å². The minimum atomic E-state index is -0.105. The fourth-order valence-electron chi connectivity index (χ4n) is 2.25. The third-order valence-electron chi connectivity index (χ3n) is 3.80. The van der Waals surface area contributed by atoms with Crippen molar-refractivity contribution >= 4 is 0 Å². The zero-order valence-electron chi connectivity index (χ0n) is 13.0. The van der Waals surface area contributed by atoms with Gasteiger partial charge >= 0.3 is 0 Å². The van der Waals surface area contributed by atoms with Gasteiger partial charge in [0.25, 0.3) is 0 Å². The van der Waals surface area contributed by atoms with Gasteiger partial charge in [-0.2, -0.15) is 0 Å². The summed E-state index contributed by atoms with van der Waals surface area (Å²) in [5.74, 6) is 0. The second-order valence-electron chi connectivity index (χ2n) is 5.79. The van der Waals surface area contributed by atoms with Crippen LogP contribution in [0.25, 0.3) is 0 Å². The van der Waals surface area contributed by atoms with Crippen molar-refractivity contribution in [1.29, 1.82) is 0 Å². The molecule has 0 fully saturated rings. The Balaban J connectivity index is 2.11. The van der Waals surface area contributed by atoms with Crippen molar-refractivity contribution in [3.63, 3.8) is 0 Å². The fraction of sp³-hybridized carbons (Fsp3) is 0.389. The van der Waals surface area contributed by atoms with E-state index in [2.05, 4.69) is 60.5 Å². The third kappa shape index (κ3) is 4.66. The third-order valence-corrected chi connectivity index (χ3v) is 3.80. The monoisotopic (exact) mass is 284 g/mol. The highest BCUT2D eigenvalue weighted by Crippen LogP contribution is 2.22. The van der Waals surface area contributed by atoms with E-state index in [-0.39, 0.29) is 11.6 Å². The minimum Gasteiger partial charge on any atom is -0.379 e. The largest absolute Gasteiger partial charge is 0.379 e. The summed E-state index contributed by atoms with van der Waals surface area (Å²) in [5, 5.41) is 3.63. The van der Waals surface area contributed by atoms with E-state index < -0.39 is 0 Å². The van der Waals surface area contributed by atoms with Gasteiger partial charge in [-0.15, -0.1) is 0 Å². The standard InChI is InChI=1S/C18H24N2O/c1-18(2,21-3)11-14-20-17(15-7-5-4-6-8-15)16-9-12-19-13-10-16/h4-10,12-13,17,20H,11,14H2,1-3H3. The second-order valence-corrected chi connectivity index (χ2v) is 5.79. The van der Waals surface area contributed by atoms with Gasteiger partial charge in [0.15, 0.2) is 0 Å². The van der Waals surface area contributed by atoms with Crippen LogP contribution in [0.1, 0.15) is 37.4 Å². The lowest BCUT2D eigenvalue weighted by Gasteiger charge is -2.25. The maximum Gasteiger partial charge on any atom is 0.0634 e. The summed E-state index contributed by atoms with van der Waals surface area (Å²) in [5.41, 5.74) is 2.39. The summed E-state index contributed by atoms with van der Waals surface area (Å²) in [6.45, 7) is 5.11. The summed E-state index contributed by atoms with van der Waals surface area (Å²) in [7, 11) is 1.76. The van der Waals surface area contributed by atoms with Gasteiger partial charge in [-0.25, -0.2) is 0 Å². The molecule has 0 saturated carbocycles. The molecule has 0 aliphatic carbocycles. The van der Waals surface area contributed by atoms with Crippen molar-refractivity contribution in [3.8, 4) is 0 Å². The van der Waals surface area contributed by atoms with Crippen LogP contribution in [0.15, 0.2) is 54.9 Å². The molecular weight excluding hydrogens is 260 g/mol. The van der Waals surface area contributed by atoms with Crippen LogP contribution in [0.4, 0.5) is 0 Å². The SMILES string of the molecule is COC(C)(C)CCNC(c1ccccc1)c1ccncc1. The van der Waals surface area contributed by atoms with Crippen molar-refractivity contribution in [3.05, 3.63) is 66.0 Å². The van der Waals surface area contributed by atoms with Crippen LogP contribution in [0, 0.1) is 0 Å². The van der Waals surface area contributed by atoms with Gasteiger partial charge in [0.1, 0.15) is 0 Å². The van der Waals surface area contributed by atoms with Gasteiger partial charge in [0.05, 0.1) is 11.6 Å². The first kappa shape index (κ1) is 15.7. The average Bonchev–Trinajstić information content (AvgIpc) is 2.53. The minimum absolute atomic E-state index is 0.105. The van der Waals surface area contributed by atoms with Crippen molar-refractivity contribution in [2.24, 2.45) is 0 Å². The number of rotatable bonds is 7. The summed E-state index contributed by atoms with van der Waals surface area (Å²) in [6.07, 6.45) is 4.63. The zero-order chi connectivity index (χ0) is 15.1. The topological polar surface area (TPSA) is 34.1 Å². The van der Waals surface area contributed by atoms with Crippen molar-refractivity contribution in [1.82, 2.24) is 10.3 Å². The maximum absolute atomic E-state index is 5.48. The molecule has 2 aromatic rings. The predicted octanol–water partition coefficient (Wildman–Crippen LogP) is 3.58. The van der Waals surface area contributed by atoms with Crippen LogP contribution in [-0.2, 0) is 4.74 Å². The highest BCUT2D eigenvalue weighted by molar-refractivity contribution is 5.30. The Morgan fingerprint density at radius 2 is 1.67 bits per heavy atom. The van der Waals surface area contributed by atoms with Crippen LogP contribution < -0.4 is 5.32 Å². The Hall–Kier alpha value is -1.71. The molecule has 0 spiro atoms. The number of ether oxygens (including phenoxy) is 1. The van der Waals surface area contributed by atoms with E-state index in [4.69, 9.17) is 4.74 Å². The first-order chi connectivity index (χ1) is 10.1. The smallest absolute Gasteiger partial charge is 0.0634 e. The molecule has 1 unspecified atom stereocenters. The lowest BCUT2D eigenvalue weighted by Crippen LogP contribution is -2.31. The van der Waals surface area contributed by atoms with Gasteiger partial charge in [-0.1, -0.05) is 30.3 Å². The van der Waals surface area contributed by atoms with Crippen LogP contribution in [-0.4, -0.2) is 24.2 Å². The highest BCUT2D eigenvalue weighted by Gasteiger charge is 2.18. The van der Waals surface area contributed by atoms with E-state index in [1.54, 1.807) is 7.11 Å². The molecule has 1 heterocycles. The molecule has 1 aromatic heterocycles. The lowest BCUT2D eigenvalue weighted by atomic mass is 9.98. The highest BCUT2D eigenvalue weighted by atomic mass is 16.5. The second kappa shape index (κ2) is 7.34. The van der Waals surface area contributed by atoms with Crippen LogP contribution in [0.3, 0.4) is 0 Å². The van der Waals surface area contributed by atoms with Gasteiger partial charge in [0.2, 0.25) is 0 Å². The van der Waals surface area contributed by atoms with Gasteiger partial charge in [-0.3, -0.25) is 4.98 Å². The molecule has 112 valence electrons. The number of pyridine rings is 1. The predicted molar refractivity (Wildman–Crippen MR) is 86.2 cm³/mol. The molecule has 0 aliphatic heterocycles. The van der Waals surface area contributed by atoms with Crippen molar-refractivity contribution in [2.45, 2.75) is 31.9 Å². The van der Waals surface area contributed by atoms with E-state index in [9.17, 15) is 0 Å². The number of nitrogens with one attached hydrogen (secondary N) is 1. The molecule has 1 N–H and O–H groups in total. The average molecular weight is 284 g/mol.